The maximum atomic E-state index is 12.5. The molecule has 0 spiro atoms. The number of nitrogens with zero attached hydrogens (tertiary/aromatic N) is 1. The van der Waals surface area contributed by atoms with Gasteiger partial charge in [0.05, 0.1) is 13.2 Å². The molecule has 0 aliphatic heterocycles. The Bertz CT molecular complexity index is 572. The first-order chi connectivity index (χ1) is 9.93. The van der Waals surface area contributed by atoms with Crippen molar-refractivity contribution >= 4 is 16.0 Å². The summed E-state index contributed by atoms with van der Waals surface area (Å²) in [6.45, 7) is 1.45. The van der Waals surface area contributed by atoms with Gasteiger partial charge >= 0.3 is 5.97 Å². The second kappa shape index (κ2) is 7.96. The first-order valence-electron chi connectivity index (χ1n) is 6.36. The summed E-state index contributed by atoms with van der Waals surface area (Å²) in [4.78, 5) is 11.3. The fourth-order valence-corrected chi connectivity index (χ4v) is 3.09. The van der Waals surface area contributed by atoms with Crippen molar-refractivity contribution in [1.29, 1.82) is 0 Å². The number of esters is 1. The van der Waals surface area contributed by atoms with Crippen molar-refractivity contribution < 1.29 is 27.8 Å². The standard InChI is InChI=1S/C13H19NO6S/c1-3-20-13(16)10-14(8-9-19-2)21(17,18)12-7-5-4-6-11(12)15/h4-7,15H,3,8-10H2,1-2H3. The van der Waals surface area contributed by atoms with E-state index >= 15 is 0 Å². The van der Waals surface area contributed by atoms with Gasteiger partial charge in [-0.15, -0.1) is 0 Å². The third-order valence-electron chi connectivity index (χ3n) is 2.64. The average Bonchev–Trinajstić information content (AvgIpc) is 2.43. The van der Waals surface area contributed by atoms with Gasteiger partial charge in [0.25, 0.3) is 0 Å². The molecule has 0 saturated heterocycles. The van der Waals surface area contributed by atoms with Crippen molar-refractivity contribution in [2.24, 2.45) is 0 Å². The molecule has 8 heteroatoms. The molecule has 7 nitrogen and oxygen atoms in total. The second-order valence-electron chi connectivity index (χ2n) is 4.10. The lowest BCUT2D eigenvalue weighted by Crippen LogP contribution is -2.38. The lowest BCUT2D eigenvalue weighted by Gasteiger charge is -2.21. The lowest BCUT2D eigenvalue weighted by atomic mass is 10.3. The monoisotopic (exact) mass is 317 g/mol. The molecule has 0 aliphatic rings. The third kappa shape index (κ3) is 4.69. The van der Waals surface area contributed by atoms with E-state index in [1.165, 1.54) is 31.4 Å². The summed E-state index contributed by atoms with van der Waals surface area (Å²) in [6, 6.07) is 5.55. The van der Waals surface area contributed by atoms with Crippen LogP contribution in [0.4, 0.5) is 0 Å². The fourth-order valence-electron chi connectivity index (χ4n) is 1.64. The van der Waals surface area contributed by atoms with Crippen LogP contribution >= 0.6 is 0 Å². The lowest BCUT2D eigenvalue weighted by molar-refractivity contribution is -0.143. The molecule has 0 heterocycles. The average molecular weight is 317 g/mol. The van der Waals surface area contributed by atoms with Crippen molar-refractivity contribution in [2.75, 3.05) is 33.4 Å². The number of methoxy groups -OCH3 is 1. The SMILES string of the molecule is CCOC(=O)CN(CCOC)S(=O)(=O)c1ccccc1O. The van der Waals surface area contributed by atoms with Crippen LogP contribution in [0.1, 0.15) is 6.92 Å². The normalized spacial score (nSPS) is 11.6. The predicted molar refractivity (Wildman–Crippen MR) is 75.4 cm³/mol. The largest absolute Gasteiger partial charge is 0.507 e. The number of carbonyl (C=O) groups excluding carboxylic acids is 1. The molecule has 0 fully saturated rings. The zero-order chi connectivity index (χ0) is 15.9. The molecular weight excluding hydrogens is 298 g/mol. The Morgan fingerprint density at radius 1 is 1.33 bits per heavy atom. The minimum absolute atomic E-state index is 0.0218. The zero-order valence-corrected chi connectivity index (χ0v) is 12.8. The van der Waals surface area contributed by atoms with E-state index in [9.17, 15) is 18.3 Å². The summed E-state index contributed by atoms with van der Waals surface area (Å²) >= 11 is 0. The molecule has 0 unspecified atom stereocenters. The predicted octanol–water partition coefficient (Wildman–Crippen LogP) is 0.592. The maximum Gasteiger partial charge on any atom is 0.321 e. The number of aromatic hydroxyl groups is 1. The fraction of sp³-hybridized carbons (Fsp3) is 0.462. The van der Waals surface area contributed by atoms with Crippen LogP contribution in [0.2, 0.25) is 0 Å². The van der Waals surface area contributed by atoms with Crippen LogP contribution < -0.4 is 0 Å². The molecule has 0 bridgehead atoms. The number of sulfonamides is 1. The van der Waals surface area contributed by atoms with E-state index < -0.39 is 22.5 Å². The van der Waals surface area contributed by atoms with Crippen LogP contribution in [0.5, 0.6) is 5.75 Å². The van der Waals surface area contributed by atoms with Crippen molar-refractivity contribution in [3.63, 3.8) is 0 Å². The number of para-hydroxylation sites is 1. The summed E-state index contributed by atoms with van der Waals surface area (Å²) in [5.41, 5.74) is 0. The van der Waals surface area contributed by atoms with Gasteiger partial charge in [0.15, 0.2) is 0 Å². The smallest absolute Gasteiger partial charge is 0.321 e. The minimum atomic E-state index is -4.01. The van der Waals surface area contributed by atoms with Crippen LogP contribution in [-0.4, -0.2) is 57.2 Å². The summed E-state index contributed by atoms with van der Waals surface area (Å²) in [7, 11) is -2.59. The quantitative estimate of drug-likeness (QED) is 0.706. The van der Waals surface area contributed by atoms with Gasteiger partial charge in [0, 0.05) is 13.7 Å². The molecule has 0 amide bonds. The van der Waals surface area contributed by atoms with Crippen molar-refractivity contribution in [2.45, 2.75) is 11.8 Å². The molecule has 0 aliphatic carbocycles. The van der Waals surface area contributed by atoms with Gasteiger partial charge in [-0.25, -0.2) is 8.42 Å². The van der Waals surface area contributed by atoms with Crippen LogP contribution in [-0.2, 0) is 24.3 Å². The Labute approximate surface area is 124 Å². The summed E-state index contributed by atoms with van der Waals surface area (Å²) in [6.07, 6.45) is 0. The molecule has 118 valence electrons. The maximum absolute atomic E-state index is 12.5. The van der Waals surface area contributed by atoms with E-state index in [-0.39, 0.29) is 30.4 Å². The highest BCUT2D eigenvalue weighted by Crippen LogP contribution is 2.24. The first kappa shape index (κ1) is 17.4. The first-order valence-corrected chi connectivity index (χ1v) is 7.80. The Hall–Kier alpha value is -1.64. The Kier molecular flexibility index (Phi) is 6.60. The number of phenolic OH excluding ortho intramolecular Hbond substituents is 1. The molecule has 1 N–H and O–H groups in total. The highest BCUT2D eigenvalue weighted by Gasteiger charge is 2.29. The molecule has 1 rings (SSSR count). The van der Waals surface area contributed by atoms with E-state index in [2.05, 4.69) is 0 Å². The van der Waals surface area contributed by atoms with E-state index in [1.54, 1.807) is 6.92 Å². The van der Waals surface area contributed by atoms with Gasteiger partial charge in [-0.1, -0.05) is 12.1 Å². The van der Waals surface area contributed by atoms with Gasteiger partial charge in [0.2, 0.25) is 10.0 Å². The van der Waals surface area contributed by atoms with Crippen LogP contribution in [0.25, 0.3) is 0 Å². The van der Waals surface area contributed by atoms with Crippen LogP contribution in [0.15, 0.2) is 29.2 Å². The Morgan fingerprint density at radius 2 is 2.00 bits per heavy atom. The molecule has 1 aromatic carbocycles. The number of rotatable bonds is 8. The Balaban J connectivity index is 3.06. The molecular formula is C13H19NO6S. The van der Waals surface area contributed by atoms with Crippen LogP contribution in [0.3, 0.4) is 0 Å². The molecule has 1 aromatic rings. The van der Waals surface area contributed by atoms with Crippen molar-refractivity contribution in [1.82, 2.24) is 4.31 Å². The highest BCUT2D eigenvalue weighted by atomic mass is 32.2. The summed E-state index contributed by atoms with van der Waals surface area (Å²) in [5.74, 6) is -1.03. The minimum Gasteiger partial charge on any atom is -0.507 e. The number of benzene rings is 1. The van der Waals surface area contributed by atoms with Gasteiger partial charge in [0.1, 0.15) is 17.2 Å². The number of phenols is 1. The number of ether oxygens (including phenoxy) is 2. The van der Waals surface area contributed by atoms with Gasteiger partial charge < -0.3 is 14.6 Å². The van der Waals surface area contributed by atoms with Gasteiger partial charge in [-0.05, 0) is 19.1 Å². The van der Waals surface area contributed by atoms with Gasteiger partial charge in [-0.2, -0.15) is 4.31 Å². The molecule has 0 saturated carbocycles. The van der Waals surface area contributed by atoms with Crippen molar-refractivity contribution in [3.8, 4) is 5.75 Å². The number of hydrogen-bond donors (Lipinski definition) is 1. The molecule has 0 radical (unpaired) electrons. The van der Waals surface area contributed by atoms with E-state index in [0.717, 1.165) is 4.31 Å². The summed E-state index contributed by atoms with van der Waals surface area (Å²) < 4.78 is 35.5. The Morgan fingerprint density at radius 3 is 2.57 bits per heavy atom. The van der Waals surface area contributed by atoms with Crippen LogP contribution in [0, 0.1) is 0 Å². The topological polar surface area (TPSA) is 93.1 Å². The number of hydrogen-bond acceptors (Lipinski definition) is 6. The van der Waals surface area contributed by atoms with E-state index in [4.69, 9.17) is 9.47 Å². The number of carbonyl (C=O) groups is 1. The zero-order valence-electron chi connectivity index (χ0n) is 12.0. The second-order valence-corrected chi connectivity index (χ2v) is 6.01. The summed E-state index contributed by atoms with van der Waals surface area (Å²) in [5, 5.41) is 9.70. The molecule has 0 aromatic heterocycles. The van der Waals surface area contributed by atoms with Gasteiger partial charge in [-0.3, -0.25) is 4.79 Å². The third-order valence-corrected chi connectivity index (χ3v) is 4.53. The van der Waals surface area contributed by atoms with E-state index in [1.807, 2.05) is 0 Å². The molecule has 21 heavy (non-hydrogen) atoms. The van der Waals surface area contributed by atoms with Crippen molar-refractivity contribution in [3.05, 3.63) is 24.3 Å². The molecule has 0 atom stereocenters. The highest BCUT2D eigenvalue weighted by molar-refractivity contribution is 7.89. The van der Waals surface area contributed by atoms with E-state index in [0.29, 0.717) is 0 Å².